The van der Waals surface area contributed by atoms with Crippen LogP contribution in [0.2, 0.25) is 15.1 Å². The third-order valence-corrected chi connectivity index (χ3v) is 4.46. The molecule has 0 aliphatic carbocycles. The molecule has 1 unspecified atom stereocenters. The molecule has 0 saturated carbocycles. The Hall–Kier alpha value is -1.58. The Morgan fingerprint density at radius 3 is 2.13 bits per heavy atom. The molecule has 116 valence electrons. The molecule has 3 aromatic rings. The summed E-state index contributed by atoms with van der Waals surface area (Å²) < 4.78 is 0. The zero-order chi connectivity index (χ0) is 16.4. The molecule has 1 N–H and O–H groups in total. The Morgan fingerprint density at radius 2 is 1.52 bits per heavy atom. The molecule has 1 aromatic heterocycles. The van der Waals surface area contributed by atoms with Crippen LogP contribution >= 0.6 is 34.8 Å². The van der Waals surface area contributed by atoms with Crippen LogP contribution in [0.25, 0.3) is 0 Å². The highest BCUT2D eigenvalue weighted by Crippen LogP contribution is 2.40. The summed E-state index contributed by atoms with van der Waals surface area (Å²) in [7, 11) is 0. The monoisotopic (exact) mass is 363 g/mol. The number of hydrogen-bond acceptors (Lipinski definition) is 2. The molecule has 0 saturated heterocycles. The minimum Gasteiger partial charge on any atom is -0.376 e. The summed E-state index contributed by atoms with van der Waals surface area (Å²) in [6, 6.07) is 15.6. The van der Waals surface area contributed by atoms with Gasteiger partial charge in [-0.3, -0.25) is 4.98 Å². The first-order valence-corrected chi connectivity index (χ1v) is 7.99. The molecule has 1 heterocycles. The maximum absolute atomic E-state index is 11.6. The first-order chi connectivity index (χ1) is 11.0. The molecule has 0 amide bonds. The second kappa shape index (κ2) is 6.50. The minimum absolute atomic E-state index is 0.374. The van der Waals surface area contributed by atoms with E-state index in [2.05, 4.69) is 4.98 Å². The van der Waals surface area contributed by atoms with Gasteiger partial charge in [0, 0.05) is 38.6 Å². The van der Waals surface area contributed by atoms with Crippen molar-refractivity contribution in [2.45, 2.75) is 5.60 Å². The summed E-state index contributed by atoms with van der Waals surface area (Å²) in [5.74, 6) is 0. The lowest BCUT2D eigenvalue weighted by molar-refractivity contribution is 0.125. The van der Waals surface area contributed by atoms with E-state index in [1.165, 1.54) is 0 Å². The van der Waals surface area contributed by atoms with Gasteiger partial charge in [0.25, 0.3) is 0 Å². The molecule has 5 heteroatoms. The van der Waals surface area contributed by atoms with Gasteiger partial charge in [0.15, 0.2) is 0 Å². The van der Waals surface area contributed by atoms with E-state index in [1.807, 2.05) is 0 Å². The van der Waals surface area contributed by atoms with Gasteiger partial charge >= 0.3 is 0 Å². The highest BCUT2D eigenvalue weighted by atomic mass is 35.5. The van der Waals surface area contributed by atoms with Gasteiger partial charge in [0.2, 0.25) is 0 Å². The number of hydrogen-bond donors (Lipinski definition) is 1. The Morgan fingerprint density at radius 1 is 0.826 bits per heavy atom. The van der Waals surface area contributed by atoms with Gasteiger partial charge in [0.05, 0.1) is 0 Å². The molecular weight excluding hydrogens is 353 g/mol. The van der Waals surface area contributed by atoms with Crippen LogP contribution in [0.1, 0.15) is 16.7 Å². The van der Waals surface area contributed by atoms with Gasteiger partial charge in [-0.15, -0.1) is 0 Å². The summed E-state index contributed by atoms with van der Waals surface area (Å²) in [5.41, 5.74) is 0.310. The van der Waals surface area contributed by atoms with Crippen molar-refractivity contribution < 1.29 is 5.11 Å². The fourth-order valence-corrected chi connectivity index (χ4v) is 3.20. The Kier molecular flexibility index (Phi) is 4.60. The summed E-state index contributed by atoms with van der Waals surface area (Å²) in [4.78, 5) is 4.11. The Balaban J connectivity index is 2.28. The number of aliphatic hydroxyl groups is 1. The van der Waals surface area contributed by atoms with Gasteiger partial charge < -0.3 is 5.11 Å². The van der Waals surface area contributed by atoms with Crippen molar-refractivity contribution in [3.8, 4) is 0 Å². The zero-order valence-electron chi connectivity index (χ0n) is 11.9. The lowest BCUT2D eigenvalue weighted by Gasteiger charge is -2.30. The zero-order valence-corrected chi connectivity index (χ0v) is 14.1. The van der Waals surface area contributed by atoms with E-state index < -0.39 is 5.60 Å². The minimum atomic E-state index is -1.46. The SMILES string of the molecule is OC(c1ccc(Cl)cc1)(c1cccnc1)c1ccc(Cl)cc1Cl. The van der Waals surface area contributed by atoms with Gasteiger partial charge in [-0.1, -0.05) is 59.1 Å². The third kappa shape index (κ3) is 3.08. The first-order valence-electron chi connectivity index (χ1n) is 6.86. The predicted octanol–water partition coefficient (Wildman–Crippen LogP) is 5.33. The molecule has 0 spiro atoms. The van der Waals surface area contributed by atoms with Crippen molar-refractivity contribution in [1.29, 1.82) is 0 Å². The van der Waals surface area contributed by atoms with E-state index in [1.54, 1.807) is 67.0 Å². The van der Waals surface area contributed by atoms with E-state index in [-0.39, 0.29) is 0 Å². The number of halogens is 3. The van der Waals surface area contributed by atoms with Crippen LogP contribution in [0, 0.1) is 0 Å². The molecule has 0 bridgehead atoms. The Labute approximate surface area is 149 Å². The van der Waals surface area contributed by atoms with Crippen LogP contribution < -0.4 is 0 Å². The predicted molar refractivity (Wildman–Crippen MR) is 94.3 cm³/mol. The molecule has 23 heavy (non-hydrogen) atoms. The molecule has 3 rings (SSSR count). The number of pyridine rings is 1. The van der Waals surface area contributed by atoms with Crippen LogP contribution in [0.3, 0.4) is 0 Å². The van der Waals surface area contributed by atoms with E-state index in [0.717, 1.165) is 0 Å². The molecule has 0 aliphatic rings. The fourth-order valence-electron chi connectivity index (χ4n) is 2.53. The second-order valence-corrected chi connectivity index (χ2v) is 6.36. The van der Waals surface area contributed by atoms with Gasteiger partial charge in [-0.2, -0.15) is 0 Å². The van der Waals surface area contributed by atoms with Gasteiger partial charge in [-0.25, -0.2) is 0 Å². The van der Waals surface area contributed by atoms with Crippen molar-refractivity contribution in [3.05, 3.63) is 98.7 Å². The lowest BCUT2D eigenvalue weighted by atomic mass is 9.81. The largest absolute Gasteiger partial charge is 0.376 e. The lowest BCUT2D eigenvalue weighted by Crippen LogP contribution is -2.29. The number of nitrogens with zero attached hydrogens (tertiary/aromatic N) is 1. The van der Waals surface area contributed by atoms with Crippen LogP contribution in [0.15, 0.2) is 67.0 Å². The van der Waals surface area contributed by atoms with Gasteiger partial charge in [-0.05, 0) is 35.9 Å². The second-order valence-electron chi connectivity index (χ2n) is 5.08. The van der Waals surface area contributed by atoms with E-state index in [0.29, 0.717) is 31.8 Å². The molecular formula is C18H12Cl3NO. The summed E-state index contributed by atoms with van der Waals surface area (Å²) >= 11 is 18.3. The first kappa shape index (κ1) is 16.3. The van der Waals surface area contributed by atoms with Crippen molar-refractivity contribution in [3.63, 3.8) is 0 Å². The van der Waals surface area contributed by atoms with Crippen LogP contribution in [-0.4, -0.2) is 10.1 Å². The molecule has 2 aromatic carbocycles. The highest BCUT2D eigenvalue weighted by Gasteiger charge is 2.36. The van der Waals surface area contributed by atoms with Crippen molar-refractivity contribution in [2.75, 3.05) is 0 Å². The fraction of sp³-hybridized carbons (Fsp3) is 0.0556. The summed E-state index contributed by atoms with van der Waals surface area (Å²) in [6.45, 7) is 0. The Bertz CT molecular complexity index is 821. The van der Waals surface area contributed by atoms with Crippen LogP contribution in [0.4, 0.5) is 0 Å². The smallest absolute Gasteiger partial charge is 0.143 e. The van der Waals surface area contributed by atoms with Crippen molar-refractivity contribution >= 4 is 34.8 Å². The number of rotatable bonds is 3. The molecule has 0 radical (unpaired) electrons. The number of benzene rings is 2. The highest BCUT2D eigenvalue weighted by molar-refractivity contribution is 6.35. The quantitative estimate of drug-likeness (QED) is 0.681. The topological polar surface area (TPSA) is 33.1 Å². The third-order valence-electron chi connectivity index (χ3n) is 3.66. The van der Waals surface area contributed by atoms with E-state index in [4.69, 9.17) is 34.8 Å². The molecule has 0 fully saturated rings. The van der Waals surface area contributed by atoms with Crippen molar-refractivity contribution in [2.24, 2.45) is 0 Å². The molecule has 1 atom stereocenters. The normalized spacial score (nSPS) is 13.6. The van der Waals surface area contributed by atoms with E-state index in [9.17, 15) is 5.11 Å². The number of aromatic nitrogens is 1. The maximum Gasteiger partial charge on any atom is 0.143 e. The van der Waals surface area contributed by atoms with Gasteiger partial charge in [0.1, 0.15) is 5.60 Å². The molecule has 0 aliphatic heterocycles. The van der Waals surface area contributed by atoms with E-state index >= 15 is 0 Å². The average molecular weight is 365 g/mol. The summed E-state index contributed by atoms with van der Waals surface area (Å²) in [6.07, 6.45) is 3.26. The maximum atomic E-state index is 11.6. The van der Waals surface area contributed by atoms with Crippen LogP contribution in [0.5, 0.6) is 0 Å². The summed E-state index contributed by atoms with van der Waals surface area (Å²) in [5, 5.41) is 13.0. The van der Waals surface area contributed by atoms with Crippen molar-refractivity contribution in [1.82, 2.24) is 4.98 Å². The van der Waals surface area contributed by atoms with Crippen LogP contribution in [-0.2, 0) is 5.60 Å². The molecule has 2 nitrogen and oxygen atoms in total. The standard InChI is InChI=1S/C18H12Cl3NO/c19-14-5-3-12(4-6-14)18(23,13-2-1-9-22-11-13)16-8-7-15(20)10-17(16)21/h1-11,23H. The average Bonchev–Trinajstić information content (AvgIpc) is 2.55.